The van der Waals surface area contributed by atoms with Gasteiger partial charge in [-0.2, -0.15) is 0 Å². The Bertz CT molecular complexity index is 2020. The van der Waals surface area contributed by atoms with E-state index in [1.807, 2.05) is 127 Å². The van der Waals surface area contributed by atoms with Gasteiger partial charge in [-0.05, 0) is 81.7 Å². The molecule has 5 aromatic rings. The smallest absolute Gasteiger partial charge is 0.266 e. The van der Waals surface area contributed by atoms with E-state index in [9.17, 15) is 4.79 Å². The third-order valence-electron chi connectivity index (χ3n) is 8.89. The number of benzene rings is 5. The lowest BCUT2D eigenvalue weighted by Gasteiger charge is -2.31. The highest BCUT2D eigenvalue weighted by molar-refractivity contribution is 6.30. The van der Waals surface area contributed by atoms with E-state index < -0.39 is 11.6 Å². The molecule has 2 atom stereocenters. The van der Waals surface area contributed by atoms with Gasteiger partial charge in [0.15, 0.2) is 11.6 Å². The number of aliphatic hydroxyl groups excluding tert-OH is 1. The Kier molecular flexibility index (Phi) is 12.2. The first-order chi connectivity index (χ1) is 25.5. The maximum atomic E-state index is 14.7. The van der Waals surface area contributed by atoms with Gasteiger partial charge in [-0.15, -0.1) is 0 Å². The number of hydrogen-bond acceptors (Lipinski definition) is 7. The van der Waals surface area contributed by atoms with E-state index in [2.05, 4.69) is 20.9 Å². The molecule has 1 aliphatic heterocycles. The van der Waals surface area contributed by atoms with Gasteiger partial charge in [0.05, 0.1) is 13.2 Å². The first kappa shape index (κ1) is 36.2. The molecule has 0 aliphatic carbocycles. The summed E-state index contributed by atoms with van der Waals surface area (Å²) in [5.41, 5.74) is 19.9. The van der Waals surface area contributed by atoms with Crippen LogP contribution in [-0.2, 0) is 28.9 Å². The van der Waals surface area contributed by atoms with Gasteiger partial charge in [-0.25, -0.2) is 10.4 Å². The predicted octanol–water partition coefficient (Wildman–Crippen LogP) is 7.94. The maximum absolute atomic E-state index is 14.7. The van der Waals surface area contributed by atoms with Gasteiger partial charge in [-0.1, -0.05) is 108 Å². The van der Waals surface area contributed by atoms with Crippen molar-refractivity contribution in [3.63, 3.8) is 0 Å². The summed E-state index contributed by atoms with van der Waals surface area (Å²) in [7, 11) is 0. The second kappa shape index (κ2) is 17.5. The van der Waals surface area contributed by atoms with Crippen LogP contribution in [0.2, 0.25) is 5.02 Å². The van der Waals surface area contributed by atoms with Crippen LogP contribution in [0.1, 0.15) is 40.3 Å². The van der Waals surface area contributed by atoms with Gasteiger partial charge in [-0.3, -0.25) is 10.2 Å². The minimum Gasteiger partial charge on any atom is -0.494 e. The second-order valence-electron chi connectivity index (χ2n) is 12.4. The van der Waals surface area contributed by atoms with E-state index in [0.29, 0.717) is 48.2 Å². The highest BCUT2D eigenvalue weighted by Crippen LogP contribution is 2.43. The van der Waals surface area contributed by atoms with E-state index in [4.69, 9.17) is 36.7 Å². The van der Waals surface area contributed by atoms with Crippen molar-refractivity contribution in [1.82, 2.24) is 10.9 Å². The number of carbonyl (C=O) groups excluding carboxylic acids is 1. The summed E-state index contributed by atoms with van der Waals surface area (Å²) < 4.78 is 12.5. The van der Waals surface area contributed by atoms with Crippen molar-refractivity contribution in [2.75, 3.05) is 19.8 Å². The number of ether oxygens (including phenoxy) is 2. The van der Waals surface area contributed by atoms with Crippen LogP contribution in [-0.4, -0.2) is 42.2 Å². The molecule has 1 heterocycles. The van der Waals surface area contributed by atoms with E-state index in [1.165, 1.54) is 0 Å². The molecule has 0 saturated carbocycles. The van der Waals surface area contributed by atoms with Gasteiger partial charge in [0, 0.05) is 41.5 Å². The quantitative estimate of drug-likeness (QED) is 0.0313. The highest BCUT2D eigenvalue weighted by Gasteiger charge is 2.53. The van der Waals surface area contributed by atoms with E-state index in [0.717, 1.165) is 33.4 Å². The normalized spacial score (nSPS) is 16.3. The Morgan fingerprint density at radius 3 is 2.27 bits per heavy atom. The number of nitrogens with zero attached hydrogens (tertiary/aromatic N) is 4. The lowest BCUT2D eigenvalue weighted by molar-refractivity contribution is -0.130. The second-order valence-corrected chi connectivity index (χ2v) is 12.8. The number of aliphatic hydroxyl groups is 1. The Morgan fingerprint density at radius 2 is 1.56 bits per heavy atom. The summed E-state index contributed by atoms with van der Waals surface area (Å²) >= 11 is 6.07. The molecule has 0 fully saturated rings. The van der Waals surface area contributed by atoms with Crippen LogP contribution in [0.3, 0.4) is 0 Å². The molecule has 6 rings (SSSR count). The van der Waals surface area contributed by atoms with Crippen molar-refractivity contribution in [3.8, 4) is 16.9 Å². The molecular weight excluding hydrogens is 676 g/mol. The zero-order valence-electron chi connectivity index (χ0n) is 28.5. The molecular formula is C41H39ClN6O4. The van der Waals surface area contributed by atoms with E-state index in [1.54, 1.807) is 0 Å². The molecule has 52 heavy (non-hydrogen) atoms. The number of halogens is 1. The molecule has 0 saturated heterocycles. The molecule has 0 bridgehead atoms. The van der Waals surface area contributed by atoms with Crippen LogP contribution in [0.4, 0.5) is 0 Å². The number of amides is 1. The number of nitrogens with one attached hydrogen (secondary N) is 2. The number of carbonyl (C=O) groups is 1. The Balaban J connectivity index is 1.38. The van der Waals surface area contributed by atoms with Crippen molar-refractivity contribution < 1.29 is 19.4 Å². The van der Waals surface area contributed by atoms with Crippen molar-refractivity contribution in [3.05, 3.63) is 171 Å². The van der Waals surface area contributed by atoms with Crippen LogP contribution < -0.4 is 15.6 Å². The van der Waals surface area contributed by atoms with Crippen LogP contribution in [0, 0.1) is 0 Å². The molecule has 0 aromatic heterocycles. The van der Waals surface area contributed by atoms with Crippen molar-refractivity contribution in [2.24, 2.45) is 10.1 Å². The minimum atomic E-state index is -1.47. The summed E-state index contributed by atoms with van der Waals surface area (Å²) in [5.74, 6) is 0.575. The van der Waals surface area contributed by atoms with Crippen LogP contribution in [0.25, 0.3) is 21.6 Å². The van der Waals surface area contributed by atoms with Crippen molar-refractivity contribution in [1.29, 1.82) is 0 Å². The SMILES string of the molecule is [N-]=[N+]=NCc1ccccc1C[C@]1(C(=O)NNCCc2ccc(Cl)cc2)N=C(c2ccc(OCCCO)cc2)O[C@H]1c1ccc(-c2ccccc2)cc1. The molecule has 1 aliphatic rings. The van der Waals surface area contributed by atoms with Crippen molar-refractivity contribution >= 4 is 23.4 Å². The fourth-order valence-electron chi connectivity index (χ4n) is 6.15. The minimum absolute atomic E-state index is 0.0442. The highest BCUT2D eigenvalue weighted by atomic mass is 35.5. The topological polar surface area (TPSA) is 141 Å². The number of rotatable bonds is 16. The predicted molar refractivity (Wildman–Crippen MR) is 203 cm³/mol. The lowest BCUT2D eigenvalue weighted by atomic mass is 9.80. The summed E-state index contributed by atoms with van der Waals surface area (Å²) in [5, 5.41) is 13.6. The van der Waals surface area contributed by atoms with Crippen LogP contribution in [0.15, 0.2) is 138 Å². The number of hydrazine groups is 1. The summed E-state index contributed by atoms with van der Waals surface area (Å²) in [6.45, 7) is 1.01. The van der Waals surface area contributed by atoms with Gasteiger partial charge in [0.2, 0.25) is 5.90 Å². The zero-order chi connectivity index (χ0) is 36.2. The molecule has 3 N–H and O–H groups in total. The molecule has 1 amide bonds. The lowest BCUT2D eigenvalue weighted by Crippen LogP contribution is -2.54. The van der Waals surface area contributed by atoms with Gasteiger partial charge >= 0.3 is 0 Å². The fourth-order valence-corrected chi connectivity index (χ4v) is 6.28. The summed E-state index contributed by atoms with van der Waals surface area (Å²) in [4.78, 5) is 22.8. The number of azide groups is 1. The van der Waals surface area contributed by atoms with E-state index >= 15 is 0 Å². The Hall–Kier alpha value is -5.64. The summed E-state index contributed by atoms with van der Waals surface area (Å²) in [6, 6.07) is 40.5. The van der Waals surface area contributed by atoms with Gasteiger partial charge in [0.25, 0.3) is 5.91 Å². The molecule has 0 unspecified atom stereocenters. The molecule has 5 aromatic carbocycles. The molecule has 11 heteroatoms. The standard InChI is InChI=1S/C41H39ClN6O4/c42-36-19-11-29(12-20-36)23-24-44-47-40(50)41(27-34-9-4-5-10-35(34)28-45-48-43)38(32-15-13-31(14-16-32)30-7-2-1-3-8-30)52-39(46-41)33-17-21-37(22-18-33)51-26-6-25-49/h1-5,7-22,38,44,49H,6,23-28H2,(H,47,50)/t38-,41-/m0/s1. The summed E-state index contributed by atoms with van der Waals surface area (Å²) in [6.07, 6.45) is 0.515. The molecule has 10 nitrogen and oxygen atoms in total. The maximum Gasteiger partial charge on any atom is 0.266 e. The monoisotopic (exact) mass is 714 g/mol. The average molecular weight is 715 g/mol. The number of aliphatic imine (C=N–C) groups is 1. The first-order valence-corrected chi connectivity index (χ1v) is 17.5. The average Bonchev–Trinajstić information content (AvgIpc) is 3.58. The molecule has 264 valence electrons. The Labute approximate surface area is 307 Å². The third-order valence-corrected chi connectivity index (χ3v) is 9.14. The van der Waals surface area contributed by atoms with Gasteiger partial charge < -0.3 is 14.6 Å². The first-order valence-electron chi connectivity index (χ1n) is 17.1. The van der Waals surface area contributed by atoms with Crippen LogP contribution in [0.5, 0.6) is 5.75 Å². The van der Waals surface area contributed by atoms with Gasteiger partial charge in [0.1, 0.15) is 5.75 Å². The Morgan fingerprint density at radius 1 is 0.885 bits per heavy atom. The fraction of sp³-hybridized carbons (Fsp3) is 0.220. The van der Waals surface area contributed by atoms with E-state index in [-0.39, 0.29) is 25.5 Å². The largest absolute Gasteiger partial charge is 0.494 e. The molecule has 0 radical (unpaired) electrons. The number of hydrogen-bond donors (Lipinski definition) is 3. The van der Waals surface area contributed by atoms with Crippen LogP contribution >= 0.6 is 11.6 Å². The zero-order valence-corrected chi connectivity index (χ0v) is 29.2. The van der Waals surface area contributed by atoms with Crippen molar-refractivity contribution in [2.45, 2.75) is 37.5 Å². The molecule has 0 spiro atoms. The third kappa shape index (κ3) is 8.80.